The van der Waals surface area contributed by atoms with Crippen molar-refractivity contribution in [1.29, 1.82) is 0 Å². The van der Waals surface area contributed by atoms with Crippen molar-refractivity contribution >= 4 is 0 Å². The predicted octanol–water partition coefficient (Wildman–Crippen LogP) is 2.59. The standard InChI is InChI=1S/C15H29N5/c1-12(2)20-15(17-11-18-20)10-14(19-16)13-8-6-4-3-5-7-9-13/h11-14,19H,3-10,16H2,1-2H3. The molecule has 0 spiro atoms. The van der Waals surface area contributed by atoms with Gasteiger partial charge in [0.15, 0.2) is 0 Å². The maximum Gasteiger partial charge on any atom is 0.138 e. The Morgan fingerprint density at radius 3 is 2.50 bits per heavy atom. The molecule has 0 radical (unpaired) electrons. The number of rotatable bonds is 5. The second-order valence-corrected chi connectivity index (χ2v) is 6.30. The van der Waals surface area contributed by atoms with E-state index in [0.717, 1.165) is 12.2 Å². The van der Waals surface area contributed by atoms with Crippen molar-refractivity contribution < 1.29 is 0 Å². The van der Waals surface area contributed by atoms with Gasteiger partial charge in [-0.2, -0.15) is 5.10 Å². The largest absolute Gasteiger partial charge is 0.271 e. The Bertz CT molecular complexity index is 379. The molecule has 5 heteroatoms. The molecule has 1 fully saturated rings. The minimum Gasteiger partial charge on any atom is -0.271 e. The molecule has 0 bridgehead atoms. The van der Waals surface area contributed by atoms with Gasteiger partial charge in [0.25, 0.3) is 0 Å². The van der Waals surface area contributed by atoms with Gasteiger partial charge < -0.3 is 0 Å². The van der Waals surface area contributed by atoms with Crippen LogP contribution in [-0.2, 0) is 6.42 Å². The minimum atomic E-state index is 0.315. The zero-order valence-electron chi connectivity index (χ0n) is 12.9. The molecule has 1 aliphatic rings. The summed E-state index contributed by atoms with van der Waals surface area (Å²) in [5.41, 5.74) is 3.04. The fraction of sp³-hybridized carbons (Fsp3) is 0.867. The summed E-state index contributed by atoms with van der Waals surface area (Å²) >= 11 is 0. The summed E-state index contributed by atoms with van der Waals surface area (Å²) in [5, 5.41) is 4.32. The molecular weight excluding hydrogens is 250 g/mol. The van der Waals surface area contributed by atoms with Crippen LogP contribution < -0.4 is 11.3 Å². The summed E-state index contributed by atoms with van der Waals surface area (Å²) in [6.07, 6.45) is 11.9. The van der Waals surface area contributed by atoms with Crippen LogP contribution >= 0.6 is 0 Å². The lowest BCUT2D eigenvalue weighted by atomic mass is 9.84. The summed E-state index contributed by atoms with van der Waals surface area (Å²) in [7, 11) is 0. The maximum absolute atomic E-state index is 5.83. The van der Waals surface area contributed by atoms with Gasteiger partial charge in [0.05, 0.1) is 0 Å². The summed E-state index contributed by atoms with van der Waals surface area (Å²) < 4.78 is 2.01. The van der Waals surface area contributed by atoms with Crippen molar-refractivity contribution in [2.45, 2.75) is 77.3 Å². The Balaban J connectivity index is 2.01. The molecule has 1 aliphatic carbocycles. The predicted molar refractivity (Wildman–Crippen MR) is 81.0 cm³/mol. The van der Waals surface area contributed by atoms with E-state index >= 15 is 0 Å². The lowest BCUT2D eigenvalue weighted by Gasteiger charge is -2.28. The molecule has 0 saturated heterocycles. The van der Waals surface area contributed by atoms with Crippen LogP contribution in [0.4, 0.5) is 0 Å². The molecular formula is C15H29N5. The summed E-state index contributed by atoms with van der Waals surface area (Å²) in [6, 6.07) is 0.665. The zero-order chi connectivity index (χ0) is 14.4. The van der Waals surface area contributed by atoms with Gasteiger partial charge in [0.1, 0.15) is 12.2 Å². The van der Waals surface area contributed by atoms with Gasteiger partial charge in [0.2, 0.25) is 0 Å². The fourth-order valence-corrected chi connectivity index (χ4v) is 3.30. The third kappa shape index (κ3) is 4.03. The van der Waals surface area contributed by atoms with Crippen molar-refractivity contribution in [2.24, 2.45) is 11.8 Å². The second-order valence-electron chi connectivity index (χ2n) is 6.30. The zero-order valence-corrected chi connectivity index (χ0v) is 12.9. The molecule has 1 aromatic rings. The van der Waals surface area contributed by atoms with Crippen LogP contribution in [-0.4, -0.2) is 20.8 Å². The topological polar surface area (TPSA) is 68.8 Å². The van der Waals surface area contributed by atoms with E-state index in [1.54, 1.807) is 6.33 Å². The summed E-state index contributed by atoms with van der Waals surface area (Å²) in [6.45, 7) is 4.28. The molecule has 0 aromatic carbocycles. The first kappa shape index (κ1) is 15.4. The molecule has 1 unspecified atom stereocenters. The number of hydrazine groups is 1. The third-order valence-electron chi connectivity index (χ3n) is 4.47. The number of nitrogens with zero attached hydrogens (tertiary/aromatic N) is 3. The van der Waals surface area contributed by atoms with Crippen molar-refractivity contribution in [3.63, 3.8) is 0 Å². The fourth-order valence-electron chi connectivity index (χ4n) is 3.30. The Morgan fingerprint density at radius 2 is 1.90 bits per heavy atom. The van der Waals surface area contributed by atoms with E-state index in [-0.39, 0.29) is 0 Å². The van der Waals surface area contributed by atoms with Crippen molar-refractivity contribution in [3.8, 4) is 0 Å². The molecule has 0 amide bonds. The number of hydrogen-bond donors (Lipinski definition) is 2. The van der Waals surface area contributed by atoms with Crippen LogP contribution in [0.1, 0.15) is 70.7 Å². The Morgan fingerprint density at radius 1 is 1.25 bits per heavy atom. The average molecular weight is 279 g/mol. The highest BCUT2D eigenvalue weighted by atomic mass is 15.3. The van der Waals surface area contributed by atoms with Crippen molar-refractivity contribution in [3.05, 3.63) is 12.2 Å². The van der Waals surface area contributed by atoms with Crippen molar-refractivity contribution in [2.75, 3.05) is 0 Å². The monoisotopic (exact) mass is 279 g/mol. The quantitative estimate of drug-likeness (QED) is 0.642. The van der Waals surface area contributed by atoms with E-state index in [4.69, 9.17) is 5.84 Å². The average Bonchev–Trinajstić information content (AvgIpc) is 2.84. The SMILES string of the molecule is CC(C)n1ncnc1CC(NN)C1CCCCCCC1. The molecule has 20 heavy (non-hydrogen) atoms. The van der Waals surface area contributed by atoms with Crippen LogP contribution in [0.2, 0.25) is 0 Å². The van der Waals surface area contributed by atoms with Crippen LogP contribution in [0.25, 0.3) is 0 Å². The van der Waals surface area contributed by atoms with E-state index in [0.29, 0.717) is 18.0 Å². The number of nitrogens with one attached hydrogen (secondary N) is 1. The molecule has 1 aromatic heterocycles. The van der Waals surface area contributed by atoms with Gasteiger partial charge in [-0.1, -0.05) is 32.1 Å². The van der Waals surface area contributed by atoms with Gasteiger partial charge in [-0.05, 0) is 32.6 Å². The Kier molecular flexibility index (Phi) is 5.98. The Labute approximate surface area is 122 Å². The van der Waals surface area contributed by atoms with Crippen LogP contribution in [0.3, 0.4) is 0 Å². The van der Waals surface area contributed by atoms with Gasteiger partial charge in [-0.3, -0.25) is 11.3 Å². The molecule has 1 heterocycles. The molecule has 2 rings (SSSR count). The number of nitrogens with two attached hydrogens (primary N) is 1. The highest BCUT2D eigenvalue weighted by Gasteiger charge is 2.23. The first-order valence-electron chi connectivity index (χ1n) is 8.07. The first-order chi connectivity index (χ1) is 9.72. The van der Waals surface area contributed by atoms with E-state index in [2.05, 4.69) is 29.4 Å². The number of aromatic nitrogens is 3. The highest BCUT2D eigenvalue weighted by molar-refractivity contribution is 4.93. The van der Waals surface area contributed by atoms with Gasteiger partial charge in [0, 0.05) is 18.5 Å². The molecule has 114 valence electrons. The lowest BCUT2D eigenvalue weighted by molar-refractivity contribution is 0.279. The second kappa shape index (κ2) is 7.74. The van der Waals surface area contributed by atoms with Crippen molar-refractivity contribution in [1.82, 2.24) is 20.2 Å². The molecule has 0 aliphatic heterocycles. The van der Waals surface area contributed by atoms with Gasteiger partial charge in [-0.25, -0.2) is 9.67 Å². The number of hydrogen-bond acceptors (Lipinski definition) is 4. The van der Waals surface area contributed by atoms with E-state index < -0.39 is 0 Å². The van der Waals surface area contributed by atoms with E-state index in [9.17, 15) is 0 Å². The van der Waals surface area contributed by atoms with Crippen LogP contribution in [0.5, 0.6) is 0 Å². The van der Waals surface area contributed by atoms with Crippen LogP contribution in [0.15, 0.2) is 6.33 Å². The van der Waals surface area contributed by atoms with Gasteiger partial charge in [-0.15, -0.1) is 0 Å². The minimum absolute atomic E-state index is 0.315. The normalized spacial score (nSPS) is 19.8. The maximum atomic E-state index is 5.83. The lowest BCUT2D eigenvalue weighted by Crippen LogP contribution is -2.43. The highest BCUT2D eigenvalue weighted by Crippen LogP contribution is 2.26. The molecule has 3 N–H and O–H groups in total. The van der Waals surface area contributed by atoms with Gasteiger partial charge >= 0.3 is 0 Å². The van der Waals surface area contributed by atoms with Crippen LogP contribution in [0, 0.1) is 5.92 Å². The van der Waals surface area contributed by atoms with E-state index in [1.165, 1.54) is 44.9 Å². The van der Waals surface area contributed by atoms with E-state index in [1.807, 2.05) is 4.68 Å². The summed E-state index contributed by atoms with van der Waals surface area (Å²) in [5.74, 6) is 7.54. The Hall–Kier alpha value is -0.940. The molecule has 5 nitrogen and oxygen atoms in total. The summed E-state index contributed by atoms with van der Waals surface area (Å²) in [4.78, 5) is 4.42. The third-order valence-corrected chi connectivity index (χ3v) is 4.47. The smallest absolute Gasteiger partial charge is 0.138 e. The molecule has 1 saturated carbocycles. The first-order valence-corrected chi connectivity index (χ1v) is 8.07. The molecule has 1 atom stereocenters.